The van der Waals surface area contributed by atoms with E-state index in [0.29, 0.717) is 11.5 Å². The number of nitrogens with zero attached hydrogens (tertiary/aromatic N) is 1. The minimum Gasteiger partial charge on any atom is -0.457 e. The van der Waals surface area contributed by atoms with E-state index >= 15 is 0 Å². The van der Waals surface area contributed by atoms with Crippen molar-refractivity contribution in [2.24, 2.45) is 5.92 Å². The van der Waals surface area contributed by atoms with Gasteiger partial charge in [0, 0.05) is 25.0 Å². The van der Waals surface area contributed by atoms with Gasteiger partial charge in [0.25, 0.3) is 5.91 Å². The maximum absolute atomic E-state index is 13.1. The first-order valence-corrected chi connectivity index (χ1v) is 11.3. The van der Waals surface area contributed by atoms with Crippen molar-refractivity contribution < 1.29 is 32.6 Å². The first-order valence-electron chi connectivity index (χ1n) is 10.9. The number of hydrogen-bond donors (Lipinski definition) is 3. The van der Waals surface area contributed by atoms with Crippen LogP contribution in [-0.2, 0) is 23.8 Å². The number of carbonyl (C=O) groups excluding carboxylic acids is 2. The topological polar surface area (TPSA) is 101 Å². The van der Waals surface area contributed by atoms with Crippen LogP contribution in [0.4, 0.5) is 18.9 Å². The van der Waals surface area contributed by atoms with Crippen LogP contribution in [0.25, 0.3) is 0 Å². The monoisotopic (exact) mass is 519 g/mol. The molecule has 7 nitrogen and oxygen atoms in total. The zero-order valence-corrected chi connectivity index (χ0v) is 19.7. The Morgan fingerprint density at radius 3 is 2.53 bits per heavy atom. The molecule has 2 unspecified atom stereocenters. The molecule has 1 aliphatic carbocycles. The molecular formula is C25H21ClF3N3O4. The lowest BCUT2D eigenvalue weighted by molar-refractivity contribution is -0.137. The first kappa shape index (κ1) is 25.5. The standard InChI is InChI=1S/C25H21ClF3N3O4/c1-30-24(35)21-12-17(6-7-31-21)36-16-4-2-13-10-22(33)18(9-14(13)8-16)23(34)32-15-3-5-20(26)19(11-15)25(27,28)29/h2-8,11-12,18,22,33H,9-10H2,1H3,(H,30,35)(H,32,34). The highest BCUT2D eigenvalue weighted by Gasteiger charge is 2.35. The van der Waals surface area contributed by atoms with Crippen LogP contribution in [0.1, 0.15) is 27.2 Å². The molecule has 3 aromatic rings. The molecule has 4 rings (SSSR count). The van der Waals surface area contributed by atoms with Crippen LogP contribution >= 0.6 is 11.6 Å². The van der Waals surface area contributed by atoms with Crippen LogP contribution in [0.5, 0.6) is 11.5 Å². The summed E-state index contributed by atoms with van der Waals surface area (Å²) < 4.78 is 45.3. The van der Waals surface area contributed by atoms with E-state index in [9.17, 15) is 27.9 Å². The van der Waals surface area contributed by atoms with Crippen molar-refractivity contribution in [1.82, 2.24) is 10.3 Å². The summed E-state index contributed by atoms with van der Waals surface area (Å²) in [4.78, 5) is 28.7. The quantitative estimate of drug-likeness (QED) is 0.457. The Morgan fingerprint density at radius 1 is 1.06 bits per heavy atom. The number of aliphatic hydroxyl groups excluding tert-OH is 1. The summed E-state index contributed by atoms with van der Waals surface area (Å²) in [6.07, 6.45) is -3.91. The van der Waals surface area contributed by atoms with E-state index in [2.05, 4.69) is 15.6 Å². The van der Waals surface area contributed by atoms with Gasteiger partial charge in [-0.15, -0.1) is 0 Å². The van der Waals surface area contributed by atoms with Crippen molar-refractivity contribution in [3.63, 3.8) is 0 Å². The van der Waals surface area contributed by atoms with E-state index in [4.69, 9.17) is 16.3 Å². The molecule has 1 heterocycles. The number of carbonyl (C=O) groups is 2. The van der Waals surface area contributed by atoms with Crippen molar-refractivity contribution in [1.29, 1.82) is 0 Å². The first-order chi connectivity index (χ1) is 17.0. The number of aliphatic hydroxyl groups is 1. The van der Waals surface area contributed by atoms with Crippen molar-refractivity contribution in [3.05, 3.63) is 82.1 Å². The largest absolute Gasteiger partial charge is 0.457 e. The highest BCUT2D eigenvalue weighted by Crippen LogP contribution is 2.37. The SMILES string of the molecule is CNC(=O)c1cc(Oc2ccc3c(c2)CC(C(=O)Nc2ccc(Cl)c(C(F)(F)F)c2)C(O)C3)ccn1. The second-order valence-corrected chi connectivity index (χ2v) is 8.66. The van der Waals surface area contributed by atoms with Gasteiger partial charge >= 0.3 is 6.18 Å². The third kappa shape index (κ3) is 5.60. The minimum absolute atomic E-state index is 0.0728. The predicted molar refractivity (Wildman–Crippen MR) is 126 cm³/mol. The van der Waals surface area contributed by atoms with Gasteiger partial charge < -0.3 is 20.5 Å². The number of ether oxygens (including phenoxy) is 1. The molecule has 0 radical (unpaired) electrons. The number of amides is 2. The van der Waals surface area contributed by atoms with E-state index in [-0.39, 0.29) is 30.1 Å². The lowest BCUT2D eigenvalue weighted by atomic mass is 9.81. The fraction of sp³-hybridized carbons (Fsp3) is 0.240. The molecule has 0 fully saturated rings. The number of pyridine rings is 1. The predicted octanol–water partition coefficient (Wildman–Crippen LogP) is 4.62. The lowest BCUT2D eigenvalue weighted by Gasteiger charge is -2.29. The molecule has 1 aromatic heterocycles. The summed E-state index contributed by atoms with van der Waals surface area (Å²) in [6, 6.07) is 11.4. The summed E-state index contributed by atoms with van der Waals surface area (Å²) in [5.41, 5.74) is 0.630. The van der Waals surface area contributed by atoms with Gasteiger partial charge in [-0.3, -0.25) is 14.6 Å². The molecule has 3 N–H and O–H groups in total. The number of benzene rings is 2. The molecule has 2 aromatic carbocycles. The number of alkyl halides is 3. The second-order valence-electron chi connectivity index (χ2n) is 8.25. The van der Waals surface area contributed by atoms with E-state index < -0.39 is 34.7 Å². The molecule has 0 saturated heterocycles. The van der Waals surface area contributed by atoms with Gasteiger partial charge in [0.1, 0.15) is 17.2 Å². The molecule has 0 bridgehead atoms. The third-order valence-corrected chi connectivity index (χ3v) is 6.14. The number of anilines is 1. The Balaban J connectivity index is 1.51. The van der Waals surface area contributed by atoms with Crippen LogP contribution in [0.3, 0.4) is 0 Å². The maximum Gasteiger partial charge on any atom is 0.417 e. The molecule has 36 heavy (non-hydrogen) atoms. The maximum atomic E-state index is 13.1. The van der Waals surface area contributed by atoms with E-state index in [1.54, 1.807) is 24.3 Å². The molecule has 0 saturated carbocycles. The molecule has 1 aliphatic rings. The Labute approximate surface area is 209 Å². The van der Waals surface area contributed by atoms with Crippen LogP contribution in [0, 0.1) is 5.92 Å². The fourth-order valence-electron chi connectivity index (χ4n) is 3.98. The Morgan fingerprint density at radius 2 is 1.81 bits per heavy atom. The van der Waals surface area contributed by atoms with Gasteiger partial charge in [-0.1, -0.05) is 17.7 Å². The van der Waals surface area contributed by atoms with Gasteiger partial charge in [0.15, 0.2) is 0 Å². The number of halogens is 4. The summed E-state index contributed by atoms with van der Waals surface area (Å²) in [5, 5.41) is 15.0. The summed E-state index contributed by atoms with van der Waals surface area (Å²) in [5.74, 6) is -1.03. The molecule has 188 valence electrons. The van der Waals surface area contributed by atoms with Crippen molar-refractivity contribution in [3.8, 4) is 11.5 Å². The van der Waals surface area contributed by atoms with E-state index in [1.807, 2.05) is 0 Å². The number of nitrogens with one attached hydrogen (secondary N) is 2. The van der Waals surface area contributed by atoms with Gasteiger partial charge in [-0.05, 0) is 60.4 Å². The molecule has 0 spiro atoms. The normalized spacial score (nSPS) is 17.2. The highest BCUT2D eigenvalue weighted by atomic mass is 35.5. The van der Waals surface area contributed by atoms with Crippen molar-refractivity contribution in [2.75, 3.05) is 12.4 Å². The summed E-state index contributed by atoms with van der Waals surface area (Å²) >= 11 is 5.64. The molecular weight excluding hydrogens is 499 g/mol. The zero-order valence-electron chi connectivity index (χ0n) is 18.9. The van der Waals surface area contributed by atoms with Crippen molar-refractivity contribution >= 4 is 29.1 Å². The number of aromatic nitrogens is 1. The summed E-state index contributed by atoms with van der Waals surface area (Å²) in [7, 11) is 1.49. The minimum atomic E-state index is -4.67. The smallest absolute Gasteiger partial charge is 0.417 e. The number of hydrogen-bond acceptors (Lipinski definition) is 5. The molecule has 0 aliphatic heterocycles. The van der Waals surface area contributed by atoms with E-state index in [0.717, 1.165) is 23.3 Å². The number of fused-ring (bicyclic) bond motifs is 1. The lowest BCUT2D eigenvalue weighted by Crippen LogP contribution is -2.39. The second kappa shape index (κ2) is 10.2. The molecule has 2 atom stereocenters. The molecule has 2 amide bonds. The Kier molecular flexibility index (Phi) is 7.18. The Bertz CT molecular complexity index is 1320. The highest BCUT2D eigenvalue weighted by molar-refractivity contribution is 6.31. The molecule has 11 heteroatoms. The van der Waals surface area contributed by atoms with Crippen LogP contribution in [0.15, 0.2) is 54.7 Å². The number of rotatable bonds is 5. The van der Waals surface area contributed by atoms with Gasteiger partial charge in [-0.25, -0.2) is 0 Å². The van der Waals surface area contributed by atoms with Crippen LogP contribution in [0.2, 0.25) is 5.02 Å². The van der Waals surface area contributed by atoms with Crippen LogP contribution in [-0.4, -0.2) is 35.1 Å². The van der Waals surface area contributed by atoms with E-state index in [1.165, 1.54) is 25.4 Å². The zero-order chi connectivity index (χ0) is 26.0. The van der Waals surface area contributed by atoms with Crippen molar-refractivity contribution in [2.45, 2.75) is 25.1 Å². The van der Waals surface area contributed by atoms with Gasteiger partial charge in [0.2, 0.25) is 5.91 Å². The van der Waals surface area contributed by atoms with Gasteiger partial charge in [0.05, 0.1) is 22.6 Å². The fourth-order valence-corrected chi connectivity index (χ4v) is 4.21. The Hall–Kier alpha value is -3.63. The third-order valence-electron chi connectivity index (χ3n) is 5.81. The summed E-state index contributed by atoms with van der Waals surface area (Å²) in [6.45, 7) is 0. The average Bonchev–Trinajstić information content (AvgIpc) is 2.84. The average molecular weight is 520 g/mol. The van der Waals surface area contributed by atoms with Gasteiger partial charge in [-0.2, -0.15) is 13.2 Å². The van der Waals surface area contributed by atoms with Crippen LogP contribution < -0.4 is 15.4 Å².